The number of benzene rings is 3. The van der Waals surface area contributed by atoms with E-state index in [0.29, 0.717) is 71.4 Å². The predicted molar refractivity (Wildman–Crippen MR) is 228 cm³/mol. The first-order valence-electron chi connectivity index (χ1n) is 21.0. The highest BCUT2D eigenvalue weighted by molar-refractivity contribution is 6.23. The lowest BCUT2D eigenvalue weighted by Gasteiger charge is -2.27. The number of nitrogens with two attached hydrogens (primary N) is 1. The van der Waals surface area contributed by atoms with Gasteiger partial charge in [-0.1, -0.05) is 12.8 Å². The van der Waals surface area contributed by atoms with Crippen molar-refractivity contribution in [1.29, 1.82) is 0 Å². The van der Waals surface area contributed by atoms with Gasteiger partial charge >= 0.3 is 6.18 Å². The van der Waals surface area contributed by atoms with Crippen molar-refractivity contribution in [3.8, 4) is 11.5 Å². The van der Waals surface area contributed by atoms with Gasteiger partial charge in [-0.05, 0) is 94.0 Å². The van der Waals surface area contributed by atoms with Crippen LogP contribution in [0.1, 0.15) is 108 Å². The van der Waals surface area contributed by atoms with E-state index in [2.05, 4.69) is 25.9 Å². The Morgan fingerprint density at radius 3 is 2.46 bits per heavy atom. The summed E-state index contributed by atoms with van der Waals surface area (Å²) in [6.07, 6.45) is 1.05. The third kappa shape index (κ3) is 10.1. The van der Waals surface area contributed by atoms with Crippen LogP contribution in [0.2, 0.25) is 0 Å². The zero-order chi connectivity index (χ0) is 45.2. The second-order valence-electron chi connectivity index (χ2n) is 16.7. The highest BCUT2D eigenvalue weighted by atomic mass is 19.4. The number of piperidine rings is 1. The van der Waals surface area contributed by atoms with Gasteiger partial charge in [0, 0.05) is 61.2 Å². The summed E-state index contributed by atoms with van der Waals surface area (Å²) in [6.45, 7) is 4.93. The maximum absolute atomic E-state index is 13.5. The van der Waals surface area contributed by atoms with E-state index in [1.807, 2.05) is 0 Å². The van der Waals surface area contributed by atoms with E-state index in [1.54, 1.807) is 56.1 Å². The van der Waals surface area contributed by atoms with Crippen LogP contribution in [0.5, 0.6) is 11.5 Å². The molecule has 334 valence electrons. The molecule has 1 aliphatic carbocycles. The van der Waals surface area contributed by atoms with Gasteiger partial charge in [-0.15, -0.1) is 0 Å². The molecule has 5 N–H and O–H groups in total. The number of imide groups is 2. The SMILES string of the molecule is COc1cc2nc(C)nc(N[C@H](C)c3cc(N)cc(C(F)(F)F)c3)c2cc1OCC1(CN(C)C(=O)CCCCCCNc2ccc3c(c2)C(=O)N(C2CCC(=O)NC2=O)C3=O)CC1. The fraction of sp³-hybridized carbons (Fsp3) is 0.444. The molecule has 7 rings (SSSR count). The minimum Gasteiger partial charge on any atom is -0.493 e. The standard InChI is InChI=1S/C45H51F3N8O7/c1-25(27-17-28(45(46,47)48)19-29(49)18-27)51-40-33-21-37(36(62-4)22-34(33)52-26(2)53-40)63-24-44(14-15-44)23-55(3)39(58)9-7-5-6-8-16-50-30-10-11-31-32(20-30)43(61)56(42(31)60)35-12-13-38(57)54-41(35)59/h10-11,17-22,25,35,50H,5-9,12-16,23-24,49H2,1-4H3,(H,51,52,53)(H,54,57,59)/t25-,35?/m1/s1. The number of hydrogen-bond donors (Lipinski definition) is 4. The van der Waals surface area contributed by atoms with Crippen LogP contribution < -0.4 is 31.2 Å². The molecule has 3 aromatic carbocycles. The van der Waals surface area contributed by atoms with Crippen LogP contribution in [0.3, 0.4) is 0 Å². The number of carbonyl (C=O) groups is 5. The minimum atomic E-state index is -4.55. The first-order valence-corrected chi connectivity index (χ1v) is 21.0. The highest BCUT2D eigenvalue weighted by Crippen LogP contribution is 2.47. The number of rotatable bonds is 18. The Labute approximate surface area is 362 Å². The summed E-state index contributed by atoms with van der Waals surface area (Å²) in [5, 5.41) is 9.32. The van der Waals surface area contributed by atoms with Crippen LogP contribution in [0, 0.1) is 12.3 Å². The first-order chi connectivity index (χ1) is 29.9. The molecule has 2 atom stereocenters. The van der Waals surface area contributed by atoms with Crippen molar-refractivity contribution in [2.24, 2.45) is 5.41 Å². The average molecular weight is 873 g/mol. The zero-order valence-corrected chi connectivity index (χ0v) is 35.6. The largest absolute Gasteiger partial charge is 0.493 e. The molecule has 18 heteroatoms. The number of ether oxygens (including phenoxy) is 2. The molecular weight excluding hydrogens is 822 g/mol. The summed E-state index contributed by atoms with van der Waals surface area (Å²) in [7, 11) is 3.33. The number of nitrogens with one attached hydrogen (secondary N) is 3. The molecule has 2 aliphatic heterocycles. The summed E-state index contributed by atoms with van der Waals surface area (Å²) in [5.74, 6) is -0.361. The Morgan fingerprint density at radius 2 is 1.75 bits per heavy atom. The minimum absolute atomic E-state index is 0.000104. The van der Waals surface area contributed by atoms with Gasteiger partial charge in [0.05, 0.1) is 42.0 Å². The topological polar surface area (TPSA) is 198 Å². The fourth-order valence-corrected chi connectivity index (χ4v) is 8.12. The van der Waals surface area contributed by atoms with Crippen LogP contribution >= 0.6 is 0 Å². The van der Waals surface area contributed by atoms with Crippen molar-refractivity contribution >= 4 is 57.6 Å². The lowest BCUT2D eigenvalue weighted by Crippen LogP contribution is -2.54. The predicted octanol–water partition coefficient (Wildman–Crippen LogP) is 6.80. The normalized spacial score (nSPS) is 17.3. The number of nitrogen functional groups attached to an aromatic ring is 1. The van der Waals surface area contributed by atoms with Gasteiger partial charge in [0.2, 0.25) is 17.7 Å². The Bertz CT molecular complexity index is 2460. The molecule has 0 bridgehead atoms. The van der Waals surface area contributed by atoms with Crippen molar-refractivity contribution < 1.29 is 46.6 Å². The van der Waals surface area contributed by atoms with E-state index in [9.17, 15) is 37.1 Å². The number of amides is 5. The Hall–Kier alpha value is -6.46. The molecule has 1 saturated carbocycles. The number of anilines is 3. The maximum atomic E-state index is 13.5. The van der Waals surface area contributed by atoms with Crippen molar-refractivity contribution in [3.63, 3.8) is 0 Å². The van der Waals surface area contributed by atoms with Crippen molar-refractivity contribution in [2.45, 2.75) is 89.9 Å². The summed E-state index contributed by atoms with van der Waals surface area (Å²) in [5.41, 5.74) is 6.80. The van der Waals surface area contributed by atoms with Crippen molar-refractivity contribution in [1.82, 2.24) is 25.1 Å². The highest BCUT2D eigenvalue weighted by Gasteiger charge is 2.46. The van der Waals surface area contributed by atoms with Crippen molar-refractivity contribution in [3.05, 3.63) is 76.6 Å². The molecule has 1 unspecified atom stereocenters. The van der Waals surface area contributed by atoms with E-state index in [4.69, 9.17) is 15.2 Å². The summed E-state index contributed by atoms with van der Waals surface area (Å²) < 4.78 is 52.7. The van der Waals surface area contributed by atoms with Gasteiger partial charge in [-0.25, -0.2) is 9.97 Å². The second-order valence-corrected chi connectivity index (χ2v) is 16.7. The van der Waals surface area contributed by atoms with Gasteiger partial charge in [0.15, 0.2) is 11.5 Å². The third-order valence-corrected chi connectivity index (χ3v) is 11.8. The maximum Gasteiger partial charge on any atom is 0.416 e. The monoisotopic (exact) mass is 872 g/mol. The quantitative estimate of drug-likeness (QED) is 0.0464. The first kappa shape index (κ1) is 44.6. The average Bonchev–Trinajstić information content (AvgIpc) is 3.96. The van der Waals surface area contributed by atoms with Crippen LogP contribution in [0.4, 0.5) is 30.4 Å². The molecule has 5 amide bonds. The number of nitrogens with zero attached hydrogens (tertiary/aromatic N) is 4. The molecular formula is C45H51F3N8O7. The van der Waals surface area contributed by atoms with E-state index in [1.165, 1.54) is 13.2 Å². The second kappa shape index (κ2) is 18.1. The lowest BCUT2D eigenvalue weighted by molar-refractivity contribution is -0.138. The number of hydrogen-bond acceptors (Lipinski definition) is 12. The number of aromatic nitrogens is 2. The van der Waals surface area contributed by atoms with Gasteiger partial charge < -0.3 is 30.7 Å². The molecule has 15 nitrogen and oxygen atoms in total. The van der Waals surface area contributed by atoms with Crippen LogP contribution in [-0.4, -0.2) is 89.2 Å². The fourth-order valence-electron chi connectivity index (χ4n) is 8.12. The van der Waals surface area contributed by atoms with Gasteiger partial charge in [0.25, 0.3) is 11.8 Å². The Morgan fingerprint density at radius 1 is 1.00 bits per heavy atom. The molecule has 0 radical (unpaired) electrons. The van der Waals surface area contributed by atoms with Gasteiger partial charge in [-0.2, -0.15) is 13.2 Å². The Kier molecular flexibility index (Phi) is 12.8. The number of methoxy groups -OCH3 is 1. The lowest BCUT2D eigenvalue weighted by atomic mass is 10.0. The molecule has 3 heterocycles. The molecule has 63 heavy (non-hydrogen) atoms. The number of halogens is 3. The molecule has 1 saturated heterocycles. The van der Waals surface area contributed by atoms with Gasteiger partial charge in [0.1, 0.15) is 17.7 Å². The molecule has 2 fully saturated rings. The molecule has 0 spiro atoms. The van der Waals surface area contributed by atoms with E-state index in [-0.39, 0.29) is 41.0 Å². The number of aryl methyl sites for hydroxylation is 1. The number of fused-ring (bicyclic) bond motifs is 2. The molecule has 4 aromatic rings. The number of alkyl halides is 3. The van der Waals surface area contributed by atoms with Crippen molar-refractivity contribution in [2.75, 3.05) is 50.2 Å². The zero-order valence-electron chi connectivity index (χ0n) is 35.6. The third-order valence-electron chi connectivity index (χ3n) is 11.8. The van der Waals surface area contributed by atoms with E-state index in [0.717, 1.165) is 55.6 Å². The van der Waals surface area contributed by atoms with E-state index < -0.39 is 47.5 Å². The van der Waals surface area contributed by atoms with Crippen LogP contribution in [0.25, 0.3) is 10.9 Å². The van der Waals surface area contributed by atoms with E-state index >= 15 is 0 Å². The molecule has 3 aliphatic rings. The smallest absolute Gasteiger partial charge is 0.416 e. The molecule has 1 aromatic heterocycles. The summed E-state index contributed by atoms with van der Waals surface area (Å²) >= 11 is 0. The van der Waals surface area contributed by atoms with Crippen LogP contribution in [-0.2, 0) is 20.6 Å². The van der Waals surface area contributed by atoms with Gasteiger partial charge in [-0.3, -0.25) is 34.2 Å². The number of unbranched alkanes of at least 4 members (excludes halogenated alkanes) is 3. The summed E-state index contributed by atoms with van der Waals surface area (Å²) in [4.78, 5) is 75.0. The number of carbonyl (C=O) groups excluding carboxylic acids is 5. The van der Waals surface area contributed by atoms with Crippen LogP contribution in [0.15, 0.2) is 48.5 Å². The Balaban J connectivity index is 0.868. The summed E-state index contributed by atoms with van der Waals surface area (Å²) in [6, 6.07) is 10.3.